The Morgan fingerprint density at radius 1 is 1.16 bits per heavy atom. The maximum atomic E-state index is 13.1. The first-order valence-electron chi connectivity index (χ1n) is 10.4. The Morgan fingerprint density at radius 2 is 1.91 bits per heavy atom. The highest BCUT2D eigenvalue weighted by Crippen LogP contribution is 2.29. The lowest BCUT2D eigenvalue weighted by atomic mass is 10.1. The predicted octanol–water partition coefficient (Wildman–Crippen LogP) is 2.88. The van der Waals surface area contributed by atoms with Gasteiger partial charge in [0.1, 0.15) is 22.0 Å². The van der Waals surface area contributed by atoms with Gasteiger partial charge in [0.25, 0.3) is 0 Å². The SMILES string of the molecule is COc1ccc(CC(=O)NC(C)c2cc3ccccc3o2)cc1S(=O)(=O)N1CCOCC1. The Morgan fingerprint density at radius 3 is 2.62 bits per heavy atom. The topological polar surface area (TPSA) is 98.1 Å². The van der Waals surface area contributed by atoms with Crippen molar-refractivity contribution in [1.29, 1.82) is 0 Å². The lowest BCUT2D eigenvalue weighted by Crippen LogP contribution is -2.40. The van der Waals surface area contributed by atoms with Crippen molar-refractivity contribution in [3.8, 4) is 5.75 Å². The van der Waals surface area contributed by atoms with Gasteiger partial charge in [-0.25, -0.2) is 8.42 Å². The van der Waals surface area contributed by atoms with Crippen LogP contribution < -0.4 is 10.1 Å². The molecule has 1 saturated heterocycles. The number of hydrogen-bond donors (Lipinski definition) is 1. The molecule has 9 heteroatoms. The minimum absolute atomic E-state index is 0.0280. The number of carbonyl (C=O) groups excluding carboxylic acids is 1. The van der Waals surface area contributed by atoms with Crippen molar-refractivity contribution in [1.82, 2.24) is 9.62 Å². The molecular formula is C23H26N2O6S. The second kappa shape index (κ2) is 9.32. The van der Waals surface area contributed by atoms with E-state index in [1.54, 1.807) is 12.1 Å². The van der Waals surface area contributed by atoms with Crippen LogP contribution >= 0.6 is 0 Å². The molecule has 0 radical (unpaired) electrons. The third-order valence-electron chi connectivity index (χ3n) is 5.43. The molecule has 1 atom stereocenters. The first-order valence-corrected chi connectivity index (χ1v) is 11.8. The third kappa shape index (κ3) is 4.64. The number of carbonyl (C=O) groups is 1. The molecule has 32 heavy (non-hydrogen) atoms. The molecule has 1 N–H and O–H groups in total. The number of sulfonamides is 1. The number of rotatable bonds is 7. The van der Waals surface area contributed by atoms with Gasteiger partial charge in [0.15, 0.2) is 0 Å². The van der Waals surface area contributed by atoms with E-state index in [1.165, 1.54) is 17.5 Å². The zero-order valence-corrected chi connectivity index (χ0v) is 18.9. The number of methoxy groups -OCH3 is 1. The number of ether oxygens (including phenoxy) is 2. The number of hydrogen-bond acceptors (Lipinski definition) is 6. The smallest absolute Gasteiger partial charge is 0.246 e. The predicted molar refractivity (Wildman–Crippen MR) is 119 cm³/mol. The first-order chi connectivity index (χ1) is 15.4. The van der Waals surface area contributed by atoms with E-state index in [4.69, 9.17) is 13.9 Å². The van der Waals surface area contributed by atoms with Gasteiger partial charge in [0.2, 0.25) is 15.9 Å². The van der Waals surface area contributed by atoms with Crippen LogP contribution in [-0.2, 0) is 26.0 Å². The van der Waals surface area contributed by atoms with Gasteiger partial charge in [-0.2, -0.15) is 4.31 Å². The summed E-state index contributed by atoms with van der Waals surface area (Å²) in [7, 11) is -2.34. The largest absolute Gasteiger partial charge is 0.495 e. The maximum absolute atomic E-state index is 13.1. The van der Waals surface area contributed by atoms with Crippen LogP contribution in [0.25, 0.3) is 11.0 Å². The van der Waals surface area contributed by atoms with Crippen molar-refractivity contribution in [2.45, 2.75) is 24.3 Å². The number of furan rings is 1. The van der Waals surface area contributed by atoms with Gasteiger partial charge >= 0.3 is 0 Å². The fraction of sp³-hybridized carbons (Fsp3) is 0.348. The van der Waals surface area contributed by atoms with Crippen LogP contribution in [0.2, 0.25) is 0 Å². The number of benzene rings is 2. The number of morpholine rings is 1. The van der Waals surface area contributed by atoms with Crippen LogP contribution in [0.4, 0.5) is 0 Å². The Hall–Kier alpha value is -2.88. The van der Waals surface area contributed by atoms with E-state index in [0.29, 0.717) is 24.5 Å². The van der Waals surface area contributed by atoms with Crippen molar-refractivity contribution in [2.24, 2.45) is 0 Å². The monoisotopic (exact) mass is 458 g/mol. The molecule has 0 saturated carbocycles. The highest BCUT2D eigenvalue weighted by molar-refractivity contribution is 7.89. The summed E-state index contributed by atoms with van der Waals surface area (Å²) in [5.74, 6) is 0.666. The van der Waals surface area contributed by atoms with Gasteiger partial charge in [0.05, 0.1) is 32.8 Å². The minimum atomic E-state index is -3.76. The van der Waals surface area contributed by atoms with E-state index in [9.17, 15) is 13.2 Å². The van der Waals surface area contributed by atoms with E-state index in [1.807, 2.05) is 37.3 Å². The Kier molecular flexibility index (Phi) is 6.50. The van der Waals surface area contributed by atoms with Crippen molar-refractivity contribution in [3.05, 3.63) is 59.9 Å². The van der Waals surface area contributed by atoms with Crippen molar-refractivity contribution < 1.29 is 27.1 Å². The molecule has 170 valence electrons. The average molecular weight is 459 g/mol. The summed E-state index contributed by atoms with van der Waals surface area (Å²) in [6.45, 7) is 3.11. The van der Waals surface area contributed by atoms with Gasteiger partial charge in [-0.05, 0) is 36.8 Å². The molecule has 1 fully saturated rings. The molecule has 1 amide bonds. The molecule has 1 unspecified atom stereocenters. The van der Waals surface area contributed by atoms with Crippen molar-refractivity contribution in [3.63, 3.8) is 0 Å². The standard InChI is InChI=1S/C23H26N2O6S/c1-16(21-15-18-5-3-4-6-19(18)31-21)24-23(26)14-17-7-8-20(29-2)22(13-17)32(27,28)25-9-11-30-12-10-25/h3-8,13,15-16H,9-12,14H2,1-2H3,(H,24,26). The van der Waals surface area contributed by atoms with E-state index >= 15 is 0 Å². The Balaban J connectivity index is 1.50. The van der Waals surface area contributed by atoms with Crippen LogP contribution in [0.1, 0.15) is 24.3 Å². The molecule has 0 aliphatic carbocycles. The van der Waals surface area contributed by atoms with Crippen LogP contribution in [-0.4, -0.2) is 52.0 Å². The number of para-hydroxylation sites is 1. The minimum Gasteiger partial charge on any atom is -0.495 e. The fourth-order valence-corrected chi connectivity index (χ4v) is 5.34. The molecule has 1 aliphatic heterocycles. The summed E-state index contributed by atoms with van der Waals surface area (Å²) in [5.41, 5.74) is 1.34. The zero-order chi connectivity index (χ0) is 22.7. The molecule has 8 nitrogen and oxygen atoms in total. The highest BCUT2D eigenvalue weighted by Gasteiger charge is 2.29. The molecular weight excluding hydrogens is 432 g/mol. The van der Waals surface area contributed by atoms with Gasteiger partial charge < -0.3 is 19.2 Å². The Labute approximate surface area is 187 Å². The molecule has 0 bridgehead atoms. The van der Waals surface area contributed by atoms with Crippen molar-refractivity contribution in [2.75, 3.05) is 33.4 Å². The summed E-state index contributed by atoms with van der Waals surface area (Å²) in [4.78, 5) is 12.7. The Bertz CT molecular complexity index is 1180. The quantitative estimate of drug-likeness (QED) is 0.585. The van der Waals surface area contributed by atoms with Gasteiger partial charge in [-0.15, -0.1) is 0 Å². The van der Waals surface area contributed by atoms with E-state index in [-0.39, 0.29) is 42.1 Å². The number of fused-ring (bicyclic) bond motifs is 1. The van der Waals surface area contributed by atoms with Crippen LogP contribution in [0, 0.1) is 0 Å². The first kappa shape index (κ1) is 22.3. The van der Waals surface area contributed by atoms with E-state index in [0.717, 1.165) is 11.0 Å². The summed E-state index contributed by atoms with van der Waals surface area (Å²) >= 11 is 0. The lowest BCUT2D eigenvalue weighted by Gasteiger charge is -2.26. The van der Waals surface area contributed by atoms with Crippen LogP contribution in [0.15, 0.2) is 57.8 Å². The lowest BCUT2D eigenvalue weighted by molar-refractivity contribution is -0.121. The summed E-state index contributed by atoms with van der Waals surface area (Å²) in [6.07, 6.45) is 0.0280. The van der Waals surface area contributed by atoms with Crippen LogP contribution in [0.5, 0.6) is 5.75 Å². The fourth-order valence-electron chi connectivity index (χ4n) is 3.72. The molecule has 4 rings (SSSR count). The second-order valence-electron chi connectivity index (χ2n) is 7.65. The second-order valence-corrected chi connectivity index (χ2v) is 9.56. The number of nitrogens with one attached hydrogen (secondary N) is 1. The summed E-state index contributed by atoms with van der Waals surface area (Å²) < 4.78 is 44.0. The van der Waals surface area contributed by atoms with E-state index < -0.39 is 10.0 Å². The van der Waals surface area contributed by atoms with Gasteiger partial charge in [-0.3, -0.25) is 4.79 Å². The number of nitrogens with zero attached hydrogens (tertiary/aromatic N) is 1. The maximum Gasteiger partial charge on any atom is 0.246 e. The number of amides is 1. The average Bonchev–Trinajstić information content (AvgIpc) is 3.24. The van der Waals surface area contributed by atoms with Crippen LogP contribution in [0.3, 0.4) is 0 Å². The molecule has 1 aliphatic rings. The van der Waals surface area contributed by atoms with E-state index in [2.05, 4.69) is 5.32 Å². The van der Waals surface area contributed by atoms with Gasteiger partial charge in [-0.1, -0.05) is 24.3 Å². The summed E-state index contributed by atoms with van der Waals surface area (Å²) in [6, 6.07) is 14.0. The molecule has 3 aromatic rings. The zero-order valence-electron chi connectivity index (χ0n) is 18.0. The molecule has 2 aromatic carbocycles. The summed E-state index contributed by atoms with van der Waals surface area (Å²) in [5, 5.41) is 3.88. The van der Waals surface area contributed by atoms with Crippen molar-refractivity contribution >= 4 is 26.9 Å². The molecule has 1 aromatic heterocycles. The highest BCUT2D eigenvalue weighted by atomic mass is 32.2. The molecule has 2 heterocycles. The van der Waals surface area contributed by atoms with Gasteiger partial charge in [0, 0.05) is 18.5 Å². The third-order valence-corrected chi connectivity index (χ3v) is 7.35. The molecule has 0 spiro atoms. The normalized spacial score (nSPS) is 16.1.